The Kier molecular flexibility index (Phi) is 5.66. The van der Waals surface area contributed by atoms with E-state index in [2.05, 4.69) is 28.1 Å². The highest BCUT2D eigenvalue weighted by Crippen LogP contribution is 2.68. The maximum Gasteiger partial charge on any atom is 0.490 e. The van der Waals surface area contributed by atoms with Crippen LogP contribution in [0.2, 0.25) is 0 Å². The lowest BCUT2D eigenvalue weighted by atomic mass is 10.0. The van der Waals surface area contributed by atoms with Crippen LogP contribution in [0.3, 0.4) is 0 Å². The van der Waals surface area contributed by atoms with Crippen molar-refractivity contribution in [1.82, 2.24) is 19.5 Å². The Bertz CT molecular complexity index is 1200. The van der Waals surface area contributed by atoms with E-state index in [1.165, 1.54) is 17.2 Å². The minimum atomic E-state index is -5.67. The zero-order valence-corrected chi connectivity index (χ0v) is 18.4. The summed E-state index contributed by atoms with van der Waals surface area (Å²) in [5.41, 5.74) is 5.30. The largest absolute Gasteiger partial charge is 0.490 e. The first-order chi connectivity index (χ1) is 14.7. The first kappa shape index (κ1) is 23.8. The summed E-state index contributed by atoms with van der Waals surface area (Å²) in [7, 11) is -16.6. The second kappa shape index (κ2) is 7.60. The average molecular weight is 517 g/mol. The van der Waals surface area contributed by atoms with Gasteiger partial charge in [0.05, 0.1) is 24.6 Å². The summed E-state index contributed by atoms with van der Waals surface area (Å²) in [6.45, 7) is -0.710. The number of nitrogens with zero attached hydrogens (tertiary/aromatic N) is 4. The second-order valence-electron chi connectivity index (χ2n) is 7.33. The van der Waals surface area contributed by atoms with Crippen molar-refractivity contribution in [2.75, 3.05) is 12.3 Å². The molecule has 0 amide bonds. The van der Waals surface area contributed by atoms with E-state index in [1.54, 1.807) is 0 Å². The molecule has 2 saturated carbocycles. The number of aromatic nitrogens is 4. The number of aliphatic hydroxyl groups excluding tert-OH is 2. The number of phosphoric ester groups is 1. The predicted molar refractivity (Wildman–Crippen MR) is 101 cm³/mol. The maximum absolute atomic E-state index is 12.0. The molecule has 178 valence electrons. The van der Waals surface area contributed by atoms with Crippen LogP contribution in [0, 0.1) is 11.8 Å². The molecule has 2 fully saturated rings. The first-order valence-electron chi connectivity index (χ1n) is 8.75. The number of fused-ring (bicyclic) bond motifs is 2. The standard InChI is InChI=1S/C12H18N5O12P3/c13-10-7-11(15-3-14-10)17(4-16-7)12-1-6(12)5(8(18)9(12)19)2-27-31(23,24)29-32(25,26)28-30(20,21)22/h3-6,8-9,18-19H,1-2H2,(H,23,24)(H,25,26)(H2,13,14,15)(H2,20,21,22)/t5-,6-,8+,9+,12+/m0/s1. The third-order valence-corrected chi connectivity index (χ3v) is 9.28. The maximum atomic E-state index is 12.0. The fourth-order valence-corrected chi connectivity index (χ4v) is 7.25. The monoisotopic (exact) mass is 517 g/mol. The Hall–Kier alpha value is -1.32. The van der Waals surface area contributed by atoms with E-state index in [0.717, 1.165) is 0 Å². The smallest absolute Gasteiger partial charge is 0.390 e. The van der Waals surface area contributed by atoms with Gasteiger partial charge >= 0.3 is 23.5 Å². The molecule has 32 heavy (non-hydrogen) atoms. The van der Waals surface area contributed by atoms with Gasteiger partial charge in [-0.15, -0.1) is 0 Å². The molecule has 2 heterocycles. The molecule has 0 spiro atoms. The predicted octanol–water partition coefficient (Wildman–Crippen LogP) is -1.18. The number of imidazole rings is 1. The summed E-state index contributed by atoms with van der Waals surface area (Å²) in [5.74, 6) is -1.29. The van der Waals surface area contributed by atoms with Gasteiger partial charge in [-0.1, -0.05) is 0 Å². The summed E-state index contributed by atoms with van der Waals surface area (Å²) in [6, 6.07) is 0. The fraction of sp³-hybridized carbons (Fsp3) is 0.583. The molecule has 17 nitrogen and oxygen atoms in total. The number of phosphoric acid groups is 3. The van der Waals surface area contributed by atoms with Crippen LogP contribution >= 0.6 is 23.5 Å². The van der Waals surface area contributed by atoms with Crippen molar-refractivity contribution in [3.8, 4) is 0 Å². The Morgan fingerprint density at radius 1 is 1.09 bits per heavy atom. The molecular weight excluding hydrogens is 499 g/mol. The molecule has 0 saturated heterocycles. The Labute approximate surface area is 178 Å². The molecule has 2 aromatic rings. The van der Waals surface area contributed by atoms with Crippen molar-refractivity contribution in [1.29, 1.82) is 0 Å². The van der Waals surface area contributed by atoms with Gasteiger partial charge in [0.2, 0.25) is 0 Å². The molecule has 0 aromatic carbocycles. The van der Waals surface area contributed by atoms with E-state index in [0.29, 0.717) is 12.1 Å². The summed E-state index contributed by atoms with van der Waals surface area (Å²) >= 11 is 0. The topological polar surface area (TPSA) is 270 Å². The molecule has 2 aliphatic carbocycles. The van der Waals surface area contributed by atoms with Crippen LogP contribution in [0.1, 0.15) is 6.42 Å². The molecule has 0 aliphatic heterocycles. The number of aliphatic hydroxyl groups is 2. The summed E-state index contributed by atoms with van der Waals surface area (Å²) in [6.07, 6.45) is 0.101. The minimum absolute atomic E-state index is 0.111. The van der Waals surface area contributed by atoms with E-state index >= 15 is 0 Å². The van der Waals surface area contributed by atoms with E-state index in [-0.39, 0.29) is 11.3 Å². The van der Waals surface area contributed by atoms with Gasteiger partial charge in [-0.3, -0.25) is 4.52 Å². The van der Waals surface area contributed by atoms with Crippen molar-refractivity contribution in [2.45, 2.75) is 24.2 Å². The van der Waals surface area contributed by atoms with Gasteiger partial charge in [0.25, 0.3) is 0 Å². The van der Waals surface area contributed by atoms with Gasteiger partial charge in [0.15, 0.2) is 11.5 Å². The number of hydrogen-bond donors (Lipinski definition) is 7. The van der Waals surface area contributed by atoms with E-state index < -0.39 is 59.7 Å². The summed E-state index contributed by atoms with van der Waals surface area (Å²) in [4.78, 5) is 48.0. The molecule has 0 radical (unpaired) electrons. The van der Waals surface area contributed by atoms with Gasteiger partial charge in [0, 0.05) is 5.92 Å². The van der Waals surface area contributed by atoms with E-state index in [1.807, 2.05) is 0 Å². The van der Waals surface area contributed by atoms with Gasteiger partial charge in [0.1, 0.15) is 17.9 Å². The summed E-state index contributed by atoms with van der Waals surface area (Å²) < 4.78 is 47.5. The zero-order chi connectivity index (χ0) is 23.7. The summed E-state index contributed by atoms with van der Waals surface area (Å²) in [5, 5.41) is 21.2. The van der Waals surface area contributed by atoms with Crippen molar-refractivity contribution in [3.63, 3.8) is 0 Å². The lowest BCUT2D eigenvalue weighted by Crippen LogP contribution is -2.39. The highest BCUT2D eigenvalue weighted by Gasteiger charge is 2.72. The van der Waals surface area contributed by atoms with E-state index in [9.17, 15) is 33.7 Å². The molecule has 8 N–H and O–H groups in total. The van der Waals surface area contributed by atoms with Crippen molar-refractivity contribution >= 4 is 40.4 Å². The number of nitrogens with two attached hydrogens (primary N) is 1. The van der Waals surface area contributed by atoms with Gasteiger partial charge in [-0.2, -0.15) is 8.62 Å². The molecular formula is C12H18N5O12P3. The van der Waals surface area contributed by atoms with Crippen LogP contribution < -0.4 is 5.73 Å². The fourth-order valence-electron chi connectivity index (χ4n) is 4.20. The third kappa shape index (κ3) is 4.16. The lowest BCUT2D eigenvalue weighted by molar-refractivity contribution is -0.0269. The normalized spacial score (nSPS) is 33.6. The van der Waals surface area contributed by atoms with Gasteiger partial charge < -0.3 is 40.1 Å². The number of hydrogen-bond acceptors (Lipinski definition) is 12. The number of nitrogen functional groups attached to an aromatic ring is 1. The molecule has 2 aromatic heterocycles. The third-order valence-electron chi connectivity index (χ3n) is 5.48. The Morgan fingerprint density at radius 3 is 2.44 bits per heavy atom. The van der Waals surface area contributed by atoms with Gasteiger partial charge in [-0.05, 0) is 12.3 Å². The second-order valence-corrected chi connectivity index (χ2v) is 11.8. The molecule has 2 aliphatic rings. The highest BCUT2D eigenvalue weighted by molar-refractivity contribution is 7.66. The van der Waals surface area contributed by atoms with Crippen molar-refractivity contribution in [2.24, 2.45) is 11.8 Å². The van der Waals surface area contributed by atoms with Crippen molar-refractivity contribution in [3.05, 3.63) is 12.7 Å². The van der Waals surface area contributed by atoms with Crippen molar-refractivity contribution < 1.29 is 56.6 Å². The molecule has 0 bridgehead atoms. The average Bonchev–Trinajstić information content (AvgIpc) is 3.12. The highest BCUT2D eigenvalue weighted by atomic mass is 31.3. The molecule has 4 rings (SSSR count). The Balaban J connectivity index is 1.50. The van der Waals surface area contributed by atoms with Crippen LogP contribution in [-0.4, -0.2) is 68.1 Å². The molecule has 7 atom stereocenters. The first-order valence-corrected chi connectivity index (χ1v) is 13.3. The number of anilines is 1. The van der Waals surface area contributed by atoms with Gasteiger partial charge in [-0.25, -0.2) is 28.6 Å². The zero-order valence-electron chi connectivity index (χ0n) is 15.7. The minimum Gasteiger partial charge on any atom is -0.390 e. The Morgan fingerprint density at radius 2 is 1.78 bits per heavy atom. The number of rotatable bonds is 8. The molecule has 20 heteroatoms. The van der Waals surface area contributed by atoms with Crippen LogP contribution in [0.25, 0.3) is 11.2 Å². The molecule has 2 unspecified atom stereocenters. The van der Waals surface area contributed by atoms with E-state index in [4.69, 9.17) is 15.5 Å². The van der Waals surface area contributed by atoms with Crippen LogP contribution in [0.5, 0.6) is 0 Å². The van der Waals surface area contributed by atoms with Crippen LogP contribution in [0.4, 0.5) is 5.82 Å². The van der Waals surface area contributed by atoms with Crippen LogP contribution in [0.15, 0.2) is 12.7 Å². The van der Waals surface area contributed by atoms with Crippen LogP contribution in [-0.2, 0) is 32.4 Å². The lowest BCUT2D eigenvalue weighted by Gasteiger charge is -2.24. The quantitative estimate of drug-likeness (QED) is 0.203. The SMILES string of the molecule is Nc1ncnc2c1ncn2[C@]12C[C@H]1[C@H](COP(=O)(O)OP(=O)(O)OP(=O)(O)O)[C@@H](O)[C@H]2O.